The van der Waals surface area contributed by atoms with Gasteiger partial charge >= 0.3 is 0 Å². The van der Waals surface area contributed by atoms with Crippen molar-refractivity contribution in [3.05, 3.63) is 65.3 Å². The molecule has 0 radical (unpaired) electrons. The first-order valence-electron chi connectivity index (χ1n) is 11.1. The van der Waals surface area contributed by atoms with Gasteiger partial charge in [0.05, 0.1) is 29.9 Å². The van der Waals surface area contributed by atoms with Crippen molar-refractivity contribution in [1.82, 2.24) is 15.3 Å². The third-order valence-electron chi connectivity index (χ3n) is 6.01. The molecular formula is C24H23ClN4O3S2. The molecule has 2 aliphatic rings. The molecule has 176 valence electrons. The van der Waals surface area contributed by atoms with Crippen molar-refractivity contribution in [3.8, 4) is 11.3 Å². The first-order valence-corrected chi connectivity index (χ1v) is 13.9. The SMILES string of the molecule is O=C(CSc1ncc2c(n1)-c1cc(Cl)ccc1N(Cc1ccccc1)S2(=O)=O)NC1CCCC1. The van der Waals surface area contributed by atoms with Crippen LogP contribution >= 0.6 is 23.4 Å². The van der Waals surface area contributed by atoms with E-state index >= 15 is 0 Å². The van der Waals surface area contributed by atoms with E-state index in [2.05, 4.69) is 15.3 Å². The Hall–Kier alpha value is -2.62. The fraction of sp³-hybridized carbons (Fsp3) is 0.292. The molecule has 1 aromatic heterocycles. The van der Waals surface area contributed by atoms with Gasteiger partial charge in [0.25, 0.3) is 10.0 Å². The smallest absolute Gasteiger partial charge is 0.268 e. The van der Waals surface area contributed by atoms with Crippen molar-refractivity contribution in [2.75, 3.05) is 10.1 Å². The number of sulfonamides is 1. The van der Waals surface area contributed by atoms with Gasteiger partial charge in [0.2, 0.25) is 5.91 Å². The van der Waals surface area contributed by atoms with Crippen LogP contribution in [0.15, 0.2) is 64.8 Å². The molecule has 0 saturated heterocycles. The highest BCUT2D eigenvalue weighted by Gasteiger charge is 2.37. The van der Waals surface area contributed by atoms with Crippen LogP contribution in [0.25, 0.3) is 11.3 Å². The van der Waals surface area contributed by atoms with E-state index in [0.29, 0.717) is 27.1 Å². The van der Waals surface area contributed by atoms with E-state index in [0.717, 1.165) is 31.2 Å². The second-order valence-electron chi connectivity index (χ2n) is 8.36. The number of aromatic nitrogens is 2. The highest BCUT2D eigenvalue weighted by Crippen LogP contribution is 2.44. The second-order valence-corrected chi connectivity index (χ2v) is 11.6. The minimum Gasteiger partial charge on any atom is -0.353 e. The number of nitrogens with one attached hydrogen (secondary N) is 1. The van der Waals surface area contributed by atoms with Crippen LogP contribution < -0.4 is 9.62 Å². The Bertz CT molecular complexity index is 1330. The Kier molecular flexibility index (Phi) is 6.50. The molecular weight excluding hydrogens is 492 g/mol. The lowest BCUT2D eigenvalue weighted by atomic mass is 10.1. The minimum atomic E-state index is -3.89. The van der Waals surface area contributed by atoms with Crippen LogP contribution in [0.4, 0.5) is 5.69 Å². The second kappa shape index (κ2) is 9.56. The number of hydrogen-bond donors (Lipinski definition) is 1. The predicted octanol–water partition coefficient (Wildman–Crippen LogP) is 4.66. The lowest BCUT2D eigenvalue weighted by molar-refractivity contribution is -0.119. The number of anilines is 1. The summed E-state index contributed by atoms with van der Waals surface area (Å²) in [4.78, 5) is 21.1. The summed E-state index contributed by atoms with van der Waals surface area (Å²) >= 11 is 7.47. The zero-order valence-corrected chi connectivity index (χ0v) is 20.7. The molecule has 5 rings (SSSR count). The van der Waals surface area contributed by atoms with Crippen molar-refractivity contribution >= 4 is 45.0 Å². The number of halogens is 1. The average Bonchev–Trinajstić information content (AvgIpc) is 3.34. The summed E-state index contributed by atoms with van der Waals surface area (Å²) in [7, 11) is -3.89. The topological polar surface area (TPSA) is 92.3 Å². The normalized spacial score (nSPS) is 16.7. The number of amides is 1. The molecule has 1 N–H and O–H groups in total. The fourth-order valence-electron chi connectivity index (χ4n) is 4.36. The number of nitrogens with zero attached hydrogens (tertiary/aromatic N) is 3. The summed E-state index contributed by atoms with van der Waals surface area (Å²) in [6, 6.07) is 14.7. The molecule has 7 nitrogen and oxygen atoms in total. The lowest BCUT2D eigenvalue weighted by Gasteiger charge is -2.31. The van der Waals surface area contributed by atoms with Crippen molar-refractivity contribution in [1.29, 1.82) is 0 Å². The average molecular weight is 515 g/mol. The molecule has 0 spiro atoms. The minimum absolute atomic E-state index is 0.0259. The van der Waals surface area contributed by atoms with Crippen LogP contribution in [0, 0.1) is 0 Å². The Morgan fingerprint density at radius 1 is 1.15 bits per heavy atom. The van der Waals surface area contributed by atoms with E-state index < -0.39 is 10.0 Å². The Balaban J connectivity index is 1.45. The maximum atomic E-state index is 13.6. The molecule has 1 aliphatic carbocycles. The van der Waals surface area contributed by atoms with Gasteiger partial charge < -0.3 is 5.32 Å². The van der Waals surface area contributed by atoms with Crippen molar-refractivity contribution < 1.29 is 13.2 Å². The molecule has 0 atom stereocenters. The van der Waals surface area contributed by atoms with Crippen LogP contribution in [-0.2, 0) is 21.4 Å². The fourth-order valence-corrected chi connectivity index (χ4v) is 6.72. The van der Waals surface area contributed by atoms with Gasteiger partial charge in [0.15, 0.2) is 5.16 Å². The highest BCUT2D eigenvalue weighted by atomic mass is 35.5. The molecule has 10 heteroatoms. The third-order valence-corrected chi connectivity index (χ3v) is 8.86. The van der Waals surface area contributed by atoms with Crippen molar-refractivity contribution in [2.45, 2.75) is 48.3 Å². The van der Waals surface area contributed by atoms with Gasteiger partial charge in [-0.05, 0) is 36.6 Å². The quantitative estimate of drug-likeness (QED) is 0.380. The monoisotopic (exact) mass is 514 g/mol. The zero-order chi connectivity index (χ0) is 23.7. The number of carbonyl (C=O) groups excluding carboxylic acids is 1. The van der Waals surface area contributed by atoms with Crippen LogP contribution in [0.1, 0.15) is 31.2 Å². The Morgan fingerprint density at radius 3 is 2.68 bits per heavy atom. The molecule has 34 heavy (non-hydrogen) atoms. The number of benzene rings is 2. The number of fused-ring (bicyclic) bond motifs is 3. The first kappa shape index (κ1) is 23.1. The van der Waals surface area contributed by atoms with Crippen LogP contribution in [0.2, 0.25) is 5.02 Å². The molecule has 2 aromatic carbocycles. The van der Waals surface area contributed by atoms with E-state index in [1.807, 2.05) is 30.3 Å². The van der Waals surface area contributed by atoms with Gasteiger partial charge in [-0.2, -0.15) is 0 Å². The zero-order valence-electron chi connectivity index (χ0n) is 18.3. The largest absolute Gasteiger partial charge is 0.353 e. The third kappa shape index (κ3) is 4.64. The molecule has 0 bridgehead atoms. The number of carbonyl (C=O) groups is 1. The van der Waals surface area contributed by atoms with E-state index in [4.69, 9.17) is 11.6 Å². The summed E-state index contributed by atoms with van der Waals surface area (Å²) in [6.45, 7) is 0.176. The van der Waals surface area contributed by atoms with Crippen LogP contribution in [-0.4, -0.2) is 36.1 Å². The van der Waals surface area contributed by atoms with Gasteiger partial charge in [-0.3, -0.25) is 9.10 Å². The molecule has 3 aromatic rings. The number of rotatable bonds is 6. The van der Waals surface area contributed by atoms with Gasteiger partial charge in [0, 0.05) is 16.6 Å². The number of hydrogen-bond acceptors (Lipinski definition) is 6. The first-order chi connectivity index (χ1) is 16.4. The molecule has 1 aliphatic heterocycles. The summed E-state index contributed by atoms with van der Waals surface area (Å²) in [5.41, 5.74) is 2.29. The molecule has 1 fully saturated rings. The summed E-state index contributed by atoms with van der Waals surface area (Å²) < 4.78 is 28.5. The van der Waals surface area contributed by atoms with Crippen LogP contribution in [0.3, 0.4) is 0 Å². The van der Waals surface area contributed by atoms with E-state index in [9.17, 15) is 13.2 Å². The Morgan fingerprint density at radius 2 is 1.91 bits per heavy atom. The standard InChI is InChI=1S/C24H23ClN4O3S2/c25-17-10-11-20-19(12-17)23-21(34(31,32)29(20)14-16-6-2-1-3-7-16)13-26-24(28-23)33-15-22(30)27-18-8-4-5-9-18/h1-3,6-7,10-13,18H,4-5,8-9,14-15H2,(H,27,30). The van der Waals surface area contributed by atoms with E-state index in [-0.39, 0.29) is 29.1 Å². The van der Waals surface area contributed by atoms with Gasteiger partial charge in [-0.15, -0.1) is 0 Å². The van der Waals surface area contributed by atoms with Gasteiger partial charge in [-0.1, -0.05) is 66.5 Å². The number of thioether (sulfide) groups is 1. The molecule has 1 amide bonds. The Labute approximate surface area is 208 Å². The lowest BCUT2D eigenvalue weighted by Crippen LogP contribution is -2.34. The van der Waals surface area contributed by atoms with Crippen molar-refractivity contribution in [2.24, 2.45) is 0 Å². The van der Waals surface area contributed by atoms with Gasteiger partial charge in [0.1, 0.15) is 4.90 Å². The van der Waals surface area contributed by atoms with Gasteiger partial charge in [-0.25, -0.2) is 18.4 Å². The molecule has 2 heterocycles. The molecule has 1 saturated carbocycles. The molecule has 0 unspecified atom stereocenters. The summed E-state index contributed by atoms with van der Waals surface area (Å²) in [5.74, 6) is 0.105. The van der Waals surface area contributed by atoms with Crippen LogP contribution in [0.5, 0.6) is 0 Å². The predicted molar refractivity (Wildman–Crippen MR) is 133 cm³/mol. The summed E-state index contributed by atoms with van der Waals surface area (Å²) in [6.07, 6.45) is 5.64. The van der Waals surface area contributed by atoms with E-state index in [1.165, 1.54) is 22.3 Å². The van der Waals surface area contributed by atoms with Crippen molar-refractivity contribution in [3.63, 3.8) is 0 Å². The highest BCUT2D eigenvalue weighted by molar-refractivity contribution is 7.99. The maximum Gasteiger partial charge on any atom is 0.268 e. The summed E-state index contributed by atoms with van der Waals surface area (Å²) in [5, 5.41) is 3.87. The van der Waals surface area contributed by atoms with E-state index in [1.54, 1.807) is 18.2 Å². The maximum absolute atomic E-state index is 13.6.